The van der Waals surface area contributed by atoms with Gasteiger partial charge in [-0.25, -0.2) is 9.59 Å². The molecule has 5 amide bonds. The van der Waals surface area contributed by atoms with Gasteiger partial charge >= 0.3 is 19.2 Å². The van der Waals surface area contributed by atoms with E-state index in [4.69, 9.17) is 0 Å². The van der Waals surface area contributed by atoms with E-state index in [-0.39, 0.29) is 35.3 Å². The first-order valence-corrected chi connectivity index (χ1v) is 17.1. The molecule has 7 N–H and O–H groups in total. The van der Waals surface area contributed by atoms with Crippen LogP contribution in [0.5, 0.6) is 0 Å². The highest BCUT2D eigenvalue weighted by molar-refractivity contribution is 6.58. The number of piperazine rings is 1. The van der Waals surface area contributed by atoms with Gasteiger partial charge in [-0.3, -0.25) is 9.59 Å². The predicted molar refractivity (Wildman–Crippen MR) is 199 cm³/mol. The summed E-state index contributed by atoms with van der Waals surface area (Å²) in [5.41, 5.74) is 3.38. The van der Waals surface area contributed by atoms with Gasteiger partial charge in [0.2, 0.25) is 5.78 Å². The molecule has 0 spiro atoms. The topological polar surface area (TPSA) is 179 Å². The highest BCUT2D eigenvalue weighted by Gasteiger charge is 2.31. The number of aromatic amines is 1. The number of H-pyrrole nitrogens is 1. The molecule has 2 heterocycles. The molecule has 0 aliphatic carbocycles. The van der Waals surface area contributed by atoms with Gasteiger partial charge in [0.15, 0.2) is 0 Å². The van der Waals surface area contributed by atoms with Crippen LogP contribution in [0.4, 0.5) is 21.0 Å². The lowest BCUT2D eigenvalue weighted by Crippen LogP contribution is -2.53. The molecule has 13 nitrogen and oxygen atoms in total. The van der Waals surface area contributed by atoms with Crippen molar-refractivity contribution in [3.63, 3.8) is 0 Å². The SMILES string of the molecule is C=C(C(=O)c1c[nH]c2c(NC(=O)NCCCCCCNC(=O)Nc3cccc(B(O)O)c3)cccc12)N1CCN(C(=O)c2ccccc2)C[C@H]1C. The number of unbranched alkanes of at least 4 members (excludes halogenated alkanes) is 3. The molecule has 3 aromatic carbocycles. The van der Waals surface area contributed by atoms with Crippen LogP contribution in [0.15, 0.2) is 91.3 Å². The number of anilines is 2. The Morgan fingerprint density at radius 3 is 2.24 bits per heavy atom. The number of fused-ring (bicyclic) bond motifs is 1. The normalized spacial score (nSPS) is 14.1. The predicted octanol–water partition coefficient (Wildman–Crippen LogP) is 3.89. The smallest absolute Gasteiger partial charge is 0.423 e. The Morgan fingerprint density at radius 2 is 1.55 bits per heavy atom. The second-order valence-electron chi connectivity index (χ2n) is 12.5. The number of amides is 5. The third kappa shape index (κ3) is 9.56. The van der Waals surface area contributed by atoms with Crippen LogP contribution in [0, 0.1) is 0 Å². The Bertz CT molecular complexity index is 1860. The van der Waals surface area contributed by atoms with Crippen LogP contribution >= 0.6 is 0 Å². The summed E-state index contributed by atoms with van der Waals surface area (Å²) in [7, 11) is -1.61. The average Bonchev–Trinajstić information content (AvgIpc) is 3.57. The van der Waals surface area contributed by atoms with Crippen LogP contribution in [0.1, 0.15) is 53.3 Å². The molecule has 266 valence electrons. The van der Waals surface area contributed by atoms with Gasteiger partial charge in [-0.05, 0) is 55.6 Å². The zero-order valence-corrected chi connectivity index (χ0v) is 28.7. The van der Waals surface area contributed by atoms with Gasteiger partial charge in [-0.2, -0.15) is 0 Å². The van der Waals surface area contributed by atoms with Crippen molar-refractivity contribution in [2.24, 2.45) is 0 Å². The molecular weight excluding hydrogens is 649 g/mol. The van der Waals surface area contributed by atoms with Crippen molar-refractivity contribution in [1.82, 2.24) is 25.4 Å². The zero-order chi connectivity index (χ0) is 36.3. The van der Waals surface area contributed by atoms with Crippen molar-refractivity contribution in [2.45, 2.75) is 38.6 Å². The number of nitrogens with zero attached hydrogens (tertiary/aromatic N) is 2. The summed E-state index contributed by atoms with van der Waals surface area (Å²) < 4.78 is 0. The average molecular weight is 694 g/mol. The molecule has 1 aliphatic heterocycles. The van der Waals surface area contributed by atoms with E-state index in [2.05, 4.69) is 32.8 Å². The molecule has 1 aromatic heterocycles. The summed E-state index contributed by atoms with van der Waals surface area (Å²) in [6.07, 6.45) is 4.88. The third-order valence-corrected chi connectivity index (χ3v) is 8.87. The number of benzene rings is 3. The van der Waals surface area contributed by atoms with Gasteiger partial charge in [0.05, 0.1) is 16.9 Å². The Morgan fingerprint density at radius 1 is 0.863 bits per heavy atom. The summed E-state index contributed by atoms with van der Waals surface area (Å²) >= 11 is 0. The Labute approximate surface area is 297 Å². The van der Waals surface area contributed by atoms with E-state index in [0.717, 1.165) is 25.7 Å². The summed E-state index contributed by atoms with van der Waals surface area (Å²) in [5, 5.41) is 30.4. The number of nitrogens with one attached hydrogen (secondary N) is 5. The van der Waals surface area contributed by atoms with E-state index in [1.807, 2.05) is 36.1 Å². The first-order valence-electron chi connectivity index (χ1n) is 17.1. The van der Waals surface area contributed by atoms with Gasteiger partial charge in [0.25, 0.3) is 5.91 Å². The number of para-hydroxylation sites is 1. The molecule has 1 saturated heterocycles. The van der Waals surface area contributed by atoms with Gasteiger partial charge < -0.3 is 46.1 Å². The van der Waals surface area contributed by atoms with Gasteiger partial charge in [-0.1, -0.05) is 61.9 Å². The van der Waals surface area contributed by atoms with E-state index >= 15 is 0 Å². The summed E-state index contributed by atoms with van der Waals surface area (Å²) in [4.78, 5) is 58.3. The fraction of sp³-hybridized carbons (Fsp3) is 0.297. The Kier molecular flexibility index (Phi) is 12.5. The molecule has 1 fully saturated rings. The second kappa shape index (κ2) is 17.4. The molecule has 4 aromatic rings. The highest BCUT2D eigenvalue weighted by Crippen LogP contribution is 2.28. The standard InChI is InChI=1S/C37H44BN7O6/c1-25-24-44(35(47)27-12-6-5-7-13-27)20-21-45(25)26(2)34(46)31-23-41-33-30(31)16-11-17-32(33)43-37(49)40-19-9-4-3-8-18-39-36(48)42-29-15-10-14-28(22-29)38(50)51/h5-7,10-17,22-23,25,41,50-51H,2-4,8-9,18-21,24H2,1H3,(H2,39,42,48)(H2,40,43,49)/t25-/m1/s1. The molecule has 0 unspecified atom stereocenters. The lowest BCUT2D eigenvalue weighted by Gasteiger charge is -2.41. The van der Waals surface area contributed by atoms with Crippen LogP contribution in [0.2, 0.25) is 0 Å². The van der Waals surface area contributed by atoms with Crippen LogP contribution in [0.3, 0.4) is 0 Å². The van der Waals surface area contributed by atoms with E-state index in [9.17, 15) is 29.2 Å². The van der Waals surface area contributed by atoms with Crippen molar-refractivity contribution in [3.8, 4) is 0 Å². The third-order valence-electron chi connectivity index (χ3n) is 8.87. The molecule has 0 saturated carbocycles. The molecule has 1 aliphatic rings. The Balaban J connectivity index is 1.02. The van der Waals surface area contributed by atoms with E-state index in [1.165, 1.54) is 6.07 Å². The largest absolute Gasteiger partial charge is 0.488 e. The fourth-order valence-electron chi connectivity index (χ4n) is 6.16. The molecule has 0 bridgehead atoms. The molecule has 51 heavy (non-hydrogen) atoms. The van der Waals surface area contributed by atoms with Crippen LogP contribution < -0.4 is 26.7 Å². The minimum absolute atomic E-state index is 0.0289. The summed E-state index contributed by atoms with van der Waals surface area (Å²) in [5.74, 6) is -0.249. The number of urea groups is 2. The lowest BCUT2D eigenvalue weighted by molar-refractivity contribution is 0.0573. The fourth-order valence-corrected chi connectivity index (χ4v) is 6.16. The zero-order valence-electron chi connectivity index (χ0n) is 28.7. The Hall–Kier alpha value is -5.60. The first-order chi connectivity index (χ1) is 24.6. The van der Waals surface area contributed by atoms with Gasteiger partial charge in [0.1, 0.15) is 0 Å². The van der Waals surface area contributed by atoms with E-state index in [0.29, 0.717) is 71.8 Å². The van der Waals surface area contributed by atoms with Crippen LogP contribution in [-0.4, -0.2) is 94.5 Å². The molecule has 0 radical (unpaired) electrons. The van der Waals surface area contributed by atoms with Crippen molar-refractivity contribution in [2.75, 3.05) is 43.4 Å². The molecule has 14 heteroatoms. The summed E-state index contributed by atoms with van der Waals surface area (Å²) in [6.45, 7) is 8.50. The van der Waals surface area contributed by atoms with Crippen molar-refractivity contribution in [3.05, 3.63) is 102 Å². The summed E-state index contributed by atoms with van der Waals surface area (Å²) in [6, 6.07) is 20.0. The minimum Gasteiger partial charge on any atom is -0.423 e. The maximum Gasteiger partial charge on any atom is 0.488 e. The number of hydrogen-bond acceptors (Lipinski definition) is 7. The quantitative estimate of drug-likeness (QED) is 0.0453. The molecular formula is C37H44BN7O6. The number of aromatic nitrogens is 1. The minimum atomic E-state index is -1.61. The highest BCUT2D eigenvalue weighted by atomic mass is 16.4. The number of hydrogen-bond donors (Lipinski definition) is 7. The van der Waals surface area contributed by atoms with Gasteiger partial charge in [-0.15, -0.1) is 0 Å². The van der Waals surface area contributed by atoms with Crippen LogP contribution in [0.25, 0.3) is 10.9 Å². The molecule has 5 rings (SSSR count). The van der Waals surface area contributed by atoms with E-state index < -0.39 is 7.12 Å². The van der Waals surface area contributed by atoms with Crippen LogP contribution in [-0.2, 0) is 0 Å². The number of carbonyl (C=O) groups is 4. The number of ketones is 1. The number of carbonyl (C=O) groups excluding carboxylic acids is 4. The van der Waals surface area contributed by atoms with Gasteiger partial charge in [0, 0.05) is 67.2 Å². The van der Waals surface area contributed by atoms with Crippen molar-refractivity contribution in [1.29, 1.82) is 0 Å². The monoisotopic (exact) mass is 693 g/mol. The number of allylic oxidation sites excluding steroid dienone is 1. The maximum atomic E-state index is 13.7. The molecule has 1 atom stereocenters. The van der Waals surface area contributed by atoms with E-state index in [1.54, 1.807) is 53.6 Å². The van der Waals surface area contributed by atoms with Crippen molar-refractivity contribution >= 4 is 58.6 Å². The number of rotatable bonds is 14. The van der Waals surface area contributed by atoms with Crippen molar-refractivity contribution < 1.29 is 29.2 Å². The maximum absolute atomic E-state index is 13.7. The lowest BCUT2D eigenvalue weighted by atomic mass is 9.80. The first kappa shape index (κ1) is 36.7. The number of Topliss-reactive ketones (excluding diaryl/α,β-unsaturated/α-hetero) is 1. The second-order valence-corrected chi connectivity index (χ2v) is 12.5.